The monoisotopic (exact) mass is 383 g/mol. The van der Waals surface area contributed by atoms with Gasteiger partial charge in [0.05, 0.1) is 16.9 Å². The molecule has 3 aromatic rings. The van der Waals surface area contributed by atoms with Gasteiger partial charge in [-0.2, -0.15) is 0 Å². The molecule has 4 rings (SSSR count). The number of carbonyl (C=O) groups excluding carboxylic acids is 1. The van der Waals surface area contributed by atoms with Gasteiger partial charge in [0.1, 0.15) is 10.6 Å². The lowest BCUT2D eigenvalue weighted by molar-refractivity contribution is -0.122. The summed E-state index contributed by atoms with van der Waals surface area (Å²) >= 11 is 0. The zero-order valence-electron chi connectivity index (χ0n) is 14.7. The summed E-state index contributed by atoms with van der Waals surface area (Å²) in [5.41, 5.74) is 2.09. The summed E-state index contributed by atoms with van der Waals surface area (Å²) in [7, 11) is -3.87. The van der Waals surface area contributed by atoms with E-state index in [0.717, 1.165) is 10.9 Å². The highest BCUT2D eigenvalue weighted by molar-refractivity contribution is 7.93. The van der Waals surface area contributed by atoms with Crippen molar-refractivity contribution in [3.63, 3.8) is 0 Å². The van der Waals surface area contributed by atoms with Crippen LogP contribution in [0.5, 0.6) is 5.75 Å². The number of rotatable bonds is 3. The van der Waals surface area contributed by atoms with Crippen LogP contribution >= 0.6 is 0 Å². The van der Waals surface area contributed by atoms with Crippen molar-refractivity contribution >= 4 is 38.2 Å². The number of nitrogens with zero attached hydrogens (tertiary/aromatic N) is 1. The average molecular weight is 383 g/mol. The third-order valence-electron chi connectivity index (χ3n) is 4.26. The molecule has 1 aromatic heterocycles. The van der Waals surface area contributed by atoms with Gasteiger partial charge in [-0.25, -0.2) is 8.42 Å². The fourth-order valence-corrected chi connectivity index (χ4v) is 4.17. The molecule has 7 nitrogen and oxygen atoms in total. The molecule has 138 valence electrons. The standard InChI is InChI=1S/C19H17N3O4S/c1-11-8-13-4-3-5-17(18(13)20-10-11)27(24,25)22-14-6-7-16-15(9-14)21-19(23)12(2)26-16/h3-10,12,22H,1-2H3,(H,21,23). The van der Waals surface area contributed by atoms with E-state index >= 15 is 0 Å². The highest BCUT2D eigenvalue weighted by atomic mass is 32.2. The lowest BCUT2D eigenvalue weighted by atomic mass is 10.2. The molecule has 1 atom stereocenters. The molecule has 0 radical (unpaired) electrons. The van der Waals surface area contributed by atoms with E-state index in [-0.39, 0.29) is 10.8 Å². The Morgan fingerprint density at radius 2 is 2.00 bits per heavy atom. The number of amides is 1. The highest BCUT2D eigenvalue weighted by Crippen LogP contribution is 2.33. The predicted molar refractivity (Wildman–Crippen MR) is 102 cm³/mol. The largest absolute Gasteiger partial charge is 0.479 e. The van der Waals surface area contributed by atoms with E-state index in [1.807, 2.05) is 19.1 Å². The van der Waals surface area contributed by atoms with E-state index in [0.29, 0.717) is 22.6 Å². The highest BCUT2D eigenvalue weighted by Gasteiger charge is 2.25. The number of sulfonamides is 1. The maximum absolute atomic E-state index is 12.9. The van der Waals surface area contributed by atoms with Crippen molar-refractivity contribution in [2.75, 3.05) is 10.0 Å². The molecule has 2 N–H and O–H groups in total. The van der Waals surface area contributed by atoms with Crippen LogP contribution in [0.1, 0.15) is 12.5 Å². The van der Waals surface area contributed by atoms with Crippen molar-refractivity contribution < 1.29 is 17.9 Å². The number of hydrogen-bond acceptors (Lipinski definition) is 5. The van der Waals surface area contributed by atoms with Crippen LogP contribution < -0.4 is 14.8 Å². The minimum atomic E-state index is -3.87. The van der Waals surface area contributed by atoms with Crippen LogP contribution in [0.2, 0.25) is 0 Å². The quantitative estimate of drug-likeness (QED) is 0.724. The molecule has 0 fully saturated rings. The topological polar surface area (TPSA) is 97.4 Å². The second-order valence-electron chi connectivity index (χ2n) is 6.41. The normalized spacial score (nSPS) is 16.4. The zero-order chi connectivity index (χ0) is 19.2. The number of para-hydroxylation sites is 1. The molecule has 8 heteroatoms. The summed E-state index contributed by atoms with van der Waals surface area (Å²) in [4.78, 5) is 16.1. The number of aromatic nitrogens is 1. The fraction of sp³-hybridized carbons (Fsp3) is 0.158. The Morgan fingerprint density at radius 3 is 2.81 bits per heavy atom. The minimum Gasteiger partial charge on any atom is -0.479 e. The summed E-state index contributed by atoms with van der Waals surface area (Å²) in [5, 5.41) is 3.45. The number of carbonyl (C=O) groups is 1. The van der Waals surface area contributed by atoms with Crippen LogP contribution in [0.25, 0.3) is 10.9 Å². The summed E-state index contributed by atoms with van der Waals surface area (Å²) in [6.07, 6.45) is 1.04. The van der Waals surface area contributed by atoms with E-state index < -0.39 is 16.1 Å². The number of ether oxygens (including phenoxy) is 1. The Labute approximate surface area is 156 Å². The second-order valence-corrected chi connectivity index (χ2v) is 8.06. The lowest BCUT2D eigenvalue weighted by Gasteiger charge is -2.23. The van der Waals surface area contributed by atoms with E-state index in [2.05, 4.69) is 15.0 Å². The van der Waals surface area contributed by atoms with Crippen molar-refractivity contribution in [2.45, 2.75) is 24.8 Å². The summed E-state index contributed by atoms with van der Waals surface area (Å²) in [6.45, 7) is 3.54. The van der Waals surface area contributed by atoms with Gasteiger partial charge in [0, 0.05) is 11.6 Å². The number of anilines is 2. The number of nitrogens with one attached hydrogen (secondary N) is 2. The van der Waals surface area contributed by atoms with E-state index in [1.54, 1.807) is 31.3 Å². The van der Waals surface area contributed by atoms with Gasteiger partial charge in [-0.05, 0) is 49.7 Å². The molecular formula is C19H17N3O4S. The number of benzene rings is 2. The molecule has 0 bridgehead atoms. The lowest BCUT2D eigenvalue weighted by Crippen LogP contribution is -2.34. The van der Waals surface area contributed by atoms with Crippen LogP contribution in [0.3, 0.4) is 0 Å². The molecule has 1 amide bonds. The number of fused-ring (bicyclic) bond motifs is 2. The van der Waals surface area contributed by atoms with Gasteiger partial charge in [-0.15, -0.1) is 0 Å². The average Bonchev–Trinajstić information content (AvgIpc) is 2.62. The molecule has 0 spiro atoms. The Kier molecular flexibility index (Phi) is 4.00. The van der Waals surface area contributed by atoms with Crippen LogP contribution in [0.15, 0.2) is 53.6 Å². The van der Waals surface area contributed by atoms with Gasteiger partial charge < -0.3 is 10.1 Å². The second kappa shape index (κ2) is 6.24. The van der Waals surface area contributed by atoms with Gasteiger partial charge in [0.15, 0.2) is 6.10 Å². The summed E-state index contributed by atoms with van der Waals surface area (Å²) < 4.78 is 33.9. The van der Waals surface area contributed by atoms with E-state index in [4.69, 9.17) is 4.74 Å². The van der Waals surface area contributed by atoms with Crippen molar-refractivity contribution in [2.24, 2.45) is 0 Å². The molecule has 1 aliphatic heterocycles. The molecule has 1 unspecified atom stereocenters. The van der Waals surface area contributed by atoms with Crippen LogP contribution in [0, 0.1) is 6.92 Å². The molecular weight excluding hydrogens is 366 g/mol. The predicted octanol–water partition coefficient (Wildman–Crippen LogP) is 3.06. The van der Waals surface area contributed by atoms with Crippen molar-refractivity contribution in [1.29, 1.82) is 0 Å². The minimum absolute atomic E-state index is 0.0895. The molecule has 1 aliphatic rings. The smallest absolute Gasteiger partial charge is 0.265 e. The molecule has 2 heterocycles. The number of hydrogen-bond donors (Lipinski definition) is 2. The van der Waals surface area contributed by atoms with Gasteiger partial charge in [-0.1, -0.05) is 12.1 Å². The first-order valence-electron chi connectivity index (χ1n) is 8.33. The molecule has 0 saturated carbocycles. The maximum Gasteiger partial charge on any atom is 0.265 e. The maximum atomic E-state index is 12.9. The Morgan fingerprint density at radius 1 is 1.19 bits per heavy atom. The molecule has 27 heavy (non-hydrogen) atoms. The van der Waals surface area contributed by atoms with E-state index in [9.17, 15) is 13.2 Å². The number of pyridine rings is 1. The summed E-state index contributed by atoms with van der Waals surface area (Å²) in [6, 6.07) is 11.6. The third kappa shape index (κ3) is 3.19. The van der Waals surface area contributed by atoms with Crippen molar-refractivity contribution in [3.8, 4) is 5.75 Å². The molecule has 0 saturated heterocycles. The van der Waals surface area contributed by atoms with Crippen LogP contribution in [-0.2, 0) is 14.8 Å². The fourth-order valence-electron chi connectivity index (χ4n) is 2.94. The van der Waals surface area contributed by atoms with Gasteiger partial charge >= 0.3 is 0 Å². The first kappa shape index (κ1) is 17.3. The van der Waals surface area contributed by atoms with Crippen LogP contribution in [-0.4, -0.2) is 25.4 Å². The van der Waals surface area contributed by atoms with Crippen LogP contribution in [0.4, 0.5) is 11.4 Å². The van der Waals surface area contributed by atoms with Gasteiger partial charge in [-0.3, -0.25) is 14.5 Å². The SMILES string of the molecule is Cc1cnc2c(S(=O)(=O)Nc3ccc4c(c3)NC(=O)C(C)O4)cccc2c1. The summed E-state index contributed by atoms with van der Waals surface area (Å²) in [5.74, 6) is 0.212. The number of aryl methyl sites for hydroxylation is 1. The van der Waals surface area contributed by atoms with Gasteiger partial charge in [0.2, 0.25) is 0 Å². The first-order valence-corrected chi connectivity index (χ1v) is 9.81. The molecule has 2 aromatic carbocycles. The van der Waals surface area contributed by atoms with Crippen molar-refractivity contribution in [3.05, 3.63) is 54.2 Å². The van der Waals surface area contributed by atoms with Crippen molar-refractivity contribution in [1.82, 2.24) is 4.98 Å². The Hall–Kier alpha value is -3.13. The van der Waals surface area contributed by atoms with Gasteiger partial charge in [0.25, 0.3) is 15.9 Å². The first-order chi connectivity index (χ1) is 12.8. The Balaban J connectivity index is 1.71. The molecule has 0 aliphatic carbocycles. The zero-order valence-corrected chi connectivity index (χ0v) is 15.5. The van der Waals surface area contributed by atoms with E-state index in [1.165, 1.54) is 12.1 Å². The Bertz CT molecular complexity index is 1170. The third-order valence-corrected chi connectivity index (χ3v) is 5.68.